The van der Waals surface area contributed by atoms with Crippen LogP contribution in [0.15, 0.2) is 30.3 Å². The van der Waals surface area contributed by atoms with E-state index in [1.54, 1.807) is 6.08 Å². The smallest absolute Gasteiger partial charge is 0.221 e. The normalized spacial score (nSPS) is 10.8. The number of hydrogen-bond donors (Lipinski definition) is 2. The van der Waals surface area contributed by atoms with Crippen LogP contribution in [0.2, 0.25) is 0 Å². The van der Waals surface area contributed by atoms with E-state index in [1.807, 2.05) is 30.3 Å². The van der Waals surface area contributed by atoms with Crippen molar-refractivity contribution >= 4 is 12.0 Å². The lowest BCUT2D eigenvalue weighted by Crippen LogP contribution is -2.07. The van der Waals surface area contributed by atoms with Crippen LogP contribution in [0.25, 0.3) is 6.08 Å². The molecular weight excluding hydrogens is 202 g/mol. The van der Waals surface area contributed by atoms with Crippen molar-refractivity contribution in [2.45, 2.75) is 19.3 Å². The third-order valence-corrected chi connectivity index (χ3v) is 2.28. The lowest BCUT2D eigenvalue weighted by Gasteiger charge is -2.04. The number of carbonyl (C=O) groups excluding carboxylic acids is 1. The minimum Gasteiger partial charge on any atom is -0.396 e. The zero-order valence-electron chi connectivity index (χ0n) is 9.23. The van der Waals surface area contributed by atoms with Crippen molar-refractivity contribution in [3.05, 3.63) is 41.5 Å². The van der Waals surface area contributed by atoms with Gasteiger partial charge in [-0.3, -0.25) is 4.79 Å². The largest absolute Gasteiger partial charge is 0.396 e. The highest BCUT2D eigenvalue weighted by Crippen LogP contribution is 2.13. The highest BCUT2D eigenvalue weighted by molar-refractivity contribution is 5.76. The molecule has 0 aliphatic carbocycles. The topological polar surface area (TPSA) is 63.3 Å². The first kappa shape index (κ1) is 12.5. The van der Waals surface area contributed by atoms with Gasteiger partial charge in [0.25, 0.3) is 0 Å². The van der Waals surface area contributed by atoms with Crippen LogP contribution >= 0.6 is 0 Å². The molecule has 0 unspecified atom stereocenters. The molecule has 1 aromatic rings. The number of amides is 1. The number of carbonyl (C=O) groups is 1. The molecule has 16 heavy (non-hydrogen) atoms. The maximum Gasteiger partial charge on any atom is 0.221 e. The Hall–Kier alpha value is -1.61. The predicted octanol–water partition coefficient (Wildman–Crippen LogP) is 1.50. The van der Waals surface area contributed by atoms with Crippen molar-refractivity contribution in [3.8, 4) is 0 Å². The average molecular weight is 219 g/mol. The molecule has 86 valence electrons. The Morgan fingerprint density at radius 3 is 2.81 bits per heavy atom. The summed E-state index contributed by atoms with van der Waals surface area (Å²) in [6, 6.07) is 7.94. The first-order chi connectivity index (χ1) is 7.74. The Morgan fingerprint density at radius 2 is 2.12 bits per heavy atom. The van der Waals surface area contributed by atoms with E-state index in [0.717, 1.165) is 18.4 Å². The van der Waals surface area contributed by atoms with E-state index in [4.69, 9.17) is 10.8 Å². The lowest BCUT2D eigenvalue weighted by atomic mass is 10.0. The van der Waals surface area contributed by atoms with E-state index in [1.165, 1.54) is 5.56 Å². The summed E-state index contributed by atoms with van der Waals surface area (Å²) in [6.45, 7) is 0.194. The molecule has 0 fully saturated rings. The molecule has 3 nitrogen and oxygen atoms in total. The van der Waals surface area contributed by atoms with Gasteiger partial charge in [0.1, 0.15) is 0 Å². The molecule has 1 rings (SSSR count). The molecule has 0 saturated carbocycles. The molecule has 0 aliphatic rings. The summed E-state index contributed by atoms with van der Waals surface area (Å²) in [5.41, 5.74) is 7.31. The zero-order chi connectivity index (χ0) is 11.8. The van der Waals surface area contributed by atoms with Gasteiger partial charge in [-0.2, -0.15) is 0 Å². The van der Waals surface area contributed by atoms with E-state index >= 15 is 0 Å². The van der Waals surface area contributed by atoms with Crippen molar-refractivity contribution in [1.82, 2.24) is 0 Å². The van der Waals surface area contributed by atoms with Gasteiger partial charge in [-0.15, -0.1) is 0 Å². The summed E-state index contributed by atoms with van der Waals surface area (Å²) in [6.07, 6.45) is 5.51. The van der Waals surface area contributed by atoms with Gasteiger partial charge < -0.3 is 10.8 Å². The summed E-state index contributed by atoms with van der Waals surface area (Å²) in [5.74, 6) is -0.330. The minimum atomic E-state index is -0.330. The molecule has 3 heteroatoms. The molecule has 0 heterocycles. The average Bonchev–Trinajstić information content (AvgIpc) is 2.27. The Balaban J connectivity index is 2.70. The number of primary amides is 1. The SMILES string of the molecule is NC(=O)CC=Cc1ccccc1CCCO. The first-order valence-electron chi connectivity index (χ1n) is 5.37. The molecule has 0 radical (unpaired) electrons. The zero-order valence-corrected chi connectivity index (χ0v) is 9.23. The number of hydrogen-bond acceptors (Lipinski definition) is 2. The van der Waals surface area contributed by atoms with Crippen molar-refractivity contribution < 1.29 is 9.90 Å². The third-order valence-electron chi connectivity index (χ3n) is 2.28. The van der Waals surface area contributed by atoms with Crippen LogP contribution in [0.5, 0.6) is 0 Å². The maximum absolute atomic E-state index is 10.6. The Bertz CT molecular complexity index is 372. The highest BCUT2D eigenvalue weighted by atomic mass is 16.2. The highest BCUT2D eigenvalue weighted by Gasteiger charge is 1.98. The van der Waals surface area contributed by atoms with Crippen molar-refractivity contribution in [2.75, 3.05) is 6.61 Å². The van der Waals surface area contributed by atoms with Gasteiger partial charge >= 0.3 is 0 Å². The standard InChI is InChI=1S/C13H17NO2/c14-13(16)9-3-7-11-5-1-2-6-12(11)8-4-10-15/h1-3,5-7,15H,4,8-10H2,(H2,14,16). The second kappa shape index (κ2) is 6.80. The fraction of sp³-hybridized carbons (Fsp3) is 0.308. The van der Waals surface area contributed by atoms with E-state index in [-0.39, 0.29) is 18.9 Å². The number of nitrogens with two attached hydrogens (primary N) is 1. The van der Waals surface area contributed by atoms with Gasteiger partial charge in [-0.25, -0.2) is 0 Å². The van der Waals surface area contributed by atoms with E-state index in [0.29, 0.717) is 0 Å². The Kier molecular flexibility index (Phi) is 5.29. The fourth-order valence-electron chi connectivity index (χ4n) is 1.50. The minimum absolute atomic E-state index is 0.194. The molecule has 1 aromatic carbocycles. The van der Waals surface area contributed by atoms with Gasteiger partial charge in [0.15, 0.2) is 0 Å². The second-order valence-electron chi connectivity index (χ2n) is 3.60. The number of benzene rings is 1. The van der Waals surface area contributed by atoms with Gasteiger partial charge in [-0.05, 0) is 24.0 Å². The maximum atomic E-state index is 10.6. The summed E-state index contributed by atoms with van der Waals surface area (Å²) in [7, 11) is 0. The molecule has 0 bridgehead atoms. The van der Waals surface area contributed by atoms with Crippen molar-refractivity contribution in [2.24, 2.45) is 5.73 Å². The summed E-state index contributed by atoms with van der Waals surface area (Å²) < 4.78 is 0. The third kappa shape index (κ3) is 4.28. The molecule has 0 aromatic heterocycles. The molecular formula is C13H17NO2. The van der Waals surface area contributed by atoms with Crippen LogP contribution < -0.4 is 5.73 Å². The van der Waals surface area contributed by atoms with Crippen LogP contribution in [0.1, 0.15) is 24.0 Å². The molecule has 0 saturated heterocycles. The lowest BCUT2D eigenvalue weighted by molar-refractivity contribution is -0.117. The van der Waals surface area contributed by atoms with Crippen LogP contribution in [-0.2, 0) is 11.2 Å². The van der Waals surface area contributed by atoms with Crippen molar-refractivity contribution in [1.29, 1.82) is 0 Å². The number of aliphatic hydroxyl groups excluding tert-OH is 1. The quantitative estimate of drug-likeness (QED) is 0.761. The Labute approximate surface area is 95.6 Å². The molecule has 3 N–H and O–H groups in total. The summed E-state index contributed by atoms with van der Waals surface area (Å²) in [5, 5.41) is 8.79. The summed E-state index contributed by atoms with van der Waals surface area (Å²) >= 11 is 0. The van der Waals surface area contributed by atoms with Gasteiger partial charge in [0, 0.05) is 13.0 Å². The Morgan fingerprint density at radius 1 is 1.38 bits per heavy atom. The van der Waals surface area contributed by atoms with Gasteiger partial charge in [0.05, 0.1) is 0 Å². The molecule has 0 atom stereocenters. The fourth-order valence-corrected chi connectivity index (χ4v) is 1.50. The van der Waals surface area contributed by atoms with Gasteiger partial charge in [0.2, 0.25) is 5.91 Å². The van der Waals surface area contributed by atoms with E-state index in [9.17, 15) is 4.79 Å². The van der Waals surface area contributed by atoms with E-state index in [2.05, 4.69) is 0 Å². The predicted molar refractivity (Wildman–Crippen MR) is 64.7 cm³/mol. The van der Waals surface area contributed by atoms with Crippen LogP contribution in [0, 0.1) is 0 Å². The first-order valence-corrected chi connectivity index (χ1v) is 5.37. The van der Waals surface area contributed by atoms with Crippen LogP contribution in [0.4, 0.5) is 0 Å². The number of rotatable bonds is 6. The van der Waals surface area contributed by atoms with E-state index < -0.39 is 0 Å². The van der Waals surface area contributed by atoms with Crippen LogP contribution in [0.3, 0.4) is 0 Å². The molecule has 1 amide bonds. The van der Waals surface area contributed by atoms with Crippen LogP contribution in [-0.4, -0.2) is 17.6 Å². The summed E-state index contributed by atoms with van der Waals surface area (Å²) in [4.78, 5) is 10.6. The molecule has 0 aliphatic heterocycles. The number of aliphatic hydroxyl groups is 1. The number of aryl methyl sites for hydroxylation is 1. The monoisotopic (exact) mass is 219 g/mol. The second-order valence-corrected chi connectivity index (χ2v) is 3.60. The van der Waals surface area contributed by atoms with Gasteiger partial charge in [-0.1, -0.05) is 36.4 Å². The molecule has 0 spiro atoms. The van der Waals surface area contributed by atoms with Crippen molar-refractivity contribution in [3.63, 3.8) is 0 Å².